The maximum absolute atomic E-state index is 13.0. The summed E-state index contributed by atoms with van der Waals surface area (Å²) in [6, 6.07) is 12.7. The van der Waals surface area contributed by atoms with Crippen LogP contribution >= 0.6 is 0 Å². The molecule has 182 valence electrons. The molecule has 1 amide bonds. The molecule has 3 heterocycles. The van der Waals surface area contributed by atoms with Crippen molar-refractivity contribution in [1.82, 2.24) is 29.7 Å². The van der Waals surface area contributed by atoms with Crippen LogP contribution in [0.1, 0.15) is 24.8 Å². The standard InChI is InChI=1S/C23H24N6O6/c1-3-33-20(31)11-12-27(14-18-10-7-13-34-18)19(30)15-28-23(32)35-22(26-28)21-16(2)24-29(25-21)17-8-5-4-6-9-17/h4-10,13H,3,11-12,14-15H2,1-2H3. The van der Waals surface area contributed by atoms with Gasteiger partial charge in [-0.15, -0.1) is 10.2 Å². The number of para-hydroxylation sites is 1. The van der Waals surface area contributed by atoms with E-state index in [0.29, 0.717) is 11.5 Å². The fourth-order valence-electron chi connectivity index (χ4n) is 3.33. The number of ether oxygens (including phenoxy) is 1. The van der Waals surface area contributed by atoms with Crippen LogP contribution in [0.25, 0.3) is 17.3 Å². The second-order valence-corrected chi connectivity index (χ2v) is 7.54. The minimum absolute atomic E-state index is 0.00103. The van der Waals surface area contributed by atoms with Crippen LogP contribution in [0.4, 0.5) is 0 Å². The first-order valence-corrected chi connectivity index (χ1v) is 11.0. The molecule has 0 aliphatic rings. The first kappa shape index (κ1) is 23.7. The molecule has 4 aromatic rings. The number of aryl methyl sites for hydroxylation is 1. The van der Waals surface area contributed by atoms with Gasteiger partial charge in [-0.3, -0.25) is 9.59 Å². The fourth-order valence-corrected chi connectivity index (χ4v) is 3.33. The van der Waals surface area contributed by atoms with E-state index in [1.807, 2.05) is 30.3 Å². The Labute approximate surface area is 199 Å². The summed E-state index contributed by atoms with van der Waals surface area (Å²) in [6.07, 6.45) is 1.49. The number of rotatable bonds is 10. The number of amides is 1. The van der Waals surface area contributed by atoms with Crippen LogP contribution in [0, 0.1) is 6.92 Å². The second kappa shape index (κ2) is 10.6. The molecule has 1 aromatic carbocycles. The van der Waals surface area contributed by atoms with Crippen molar-refractivity contribution in [3.63, 3.8) is 0 Å². The van der Waals surface area contributed by atoms with E-state index in [4.69, 9.17) is 13.6 Å². The summed E-state index contributed by atoms with van der Waals surface area (Å²) in [5, 5.41) is 12.9. The van der Waals surface area contributed by atoms with Gasteiger partial charge in [0.05, 0.1) is 37.2 Å². The van der Waals surface area contributed by atoms with E-state index >= 15 is 0 Å². The van der Waals surface area contributed by atoms with Crippen molar-refractivity contribution >= 4 is 11.9 Å². The van der Waals surface area contributed by atoms with Crippen LogP contribution in [0.15, 0.2) is 62.4 Å². The van der Waals surface area contributed by atoms with Gasteiger partial charge >= 0.3 is 11.7 Å². The largest absolute Gasteiger partial charge is 0.467 e. The van der Waals surface area contributed by atoms with Gasteiger partial charge in [-0.05, 0) is 38.1 Å². The van der Waals surface area contributed by atoms with Gasteiger partial charge in [0.2, 0.25) is 5.91 Å². The summed E-state index contributed by atoms with van der Waals surface area (Å²) in [5.41, 5.74) is 1.52. The van der Waals surface area contributed by atoms with Crippen molar-refractivity contribution in [2.75, 3.05) is 13.2 Å². The van der Waals surface area contributed by atoms with Gasteiger partial charge in [0, 0.05) is 6.54 Å². The van der Waals surface area contributed by atoms with Crippen LogP contribution in [-0.4, -0.2) is 54.7 Å². The van der Waals surface area contributed by atoms with Crippen molar-refractivity contribution in [1.29, 1.82) is 0 Å². The zero-order valence-corrected chi connectivity index (χ0v) is 19.3. The summed E-state index contributed by atoms with van der Waals surface area (Å²) in [4.78, 5) is 40.1. The summed E-state index contributed by atoms with van der Waals surface area (Å²) < 4.78 is 16.4. The molecule has 3 aromatic heterocycles. The van der Waals surface area contributed by atoms with Crippen LogP contribution in [0.2, 0.25) is 0 Å². The number of furan rings is 1. The molecule has 0 N–H and O–H groups in total. The molecule has 0 saturated heterocycles. The van der Waals surface area contributed by atoms with E-state index in [-0.39, 0.29) is 37.7 Å². The molecule has 0 atom stereocenters. The van der Waals surface area contributed by atoms with Gasteiger partial charge in [-0.25, -0.2) is 4.79 Å². The van der Waals surface area contributed by atoms with E-state index < -0.39 is 24.2 Å². The Bertz CT molecular complexity index is 1340. The molecule has 12 nitrogen and oxygen atoms in total. The maximum atomic E-state index is 13.0. The highest BCUT2D eigenvalue weighted by molar-refractivity contribution is 5.77. The number of aromatic nitrogens is 5. The topological polar surface area (TPSA) is 138 Å². The number of hydrogen-bond acceptors (Lipinski definition) is 9. The smallest absolute Gasteiger partial charge is 0.437 e. The molecule has 0 bridgehead atoms. The van der Waals surface area contributed by atoms with E-state index in [9.17, 15) is 14.4 Å². The summed E-state index contributed by atoms with van der Waals surface area (Å²) >= 11 is 0. The Morgan fingerprint density at radius 3 is 2.60 bits per heavy atom. The SMILES string of the molecule is CCOC(=O)CCN(Cc1ccco1)C(=O)Cn1nc(-c2nn(-c3ccccc3)nc2C)oc1=O. The fraction of sp³-hybridized carbons (Fsp3) is 0.304. The van der Waals surface area contributed by atoms with Gasteiger partial charge in [-0.1, -0.05) is 18.2 Å². The first-order valence-electron chi connectivity index (χ1n) is 11.0. The highest BCUT2D eigenvalue weighted by Gasteiger charge is 2.22. The minimum Gasteiger partial charge on any atom is -0.467 e. The molecule has 0 radical (unpaired) electrons. The monoisotopic (exact) mass is 480 g/mol. The van der Waals surface area contributed by atoms with Crippen LogP contribution in [0.5, 0.6) is 0 Å². The number of carbonyl (C=O) groups is 2. The zero-order valence-electron chi connectivity index (χ0n) is 19.3. The Morgan fingerprint density at radius 2 is 1.89 bits per heavy atom. The van der Waals surface area contributed by atoms with Crippen LogP contribution in [-0.2, 0) is 27.4 Å². The number of benzene rings is 1. The second-order valence-electron chi connectivity index (χ2n) is 7.54. The molecule has 0 saturated carbocycles. The average Bonchev–Trinajstić information content (AvgIpc) is 3.58. The van der Waals surface area contributed by atoms with E-state index in [1.165, 1.54) is 16.0 Å². The van der Waals surface area contributed by atoms with Crippen molar-refractivity contribution in [2.24, 2.45) is 0 Å². The minimum atomic E-state index is -0.814. The molecular formula is C23H24N6O6. The highest BCUT2D eigenvalue weighted by Crippen LogP contribution is 2.18. The molecule has 0 aliphatic carbocycles. The molecule has 0 fully saturated rings. The van der Waals surface area contributed by atoms with Gasteiger partial charge in [0.1, 0.15) is 12.3 Å². The number of nitrogens with zero attached hydrogens (tertiary/aromatic N) is 6. The van der Waals surface area contributed by atoms with Gasteiger partial charge in [-0.2, -0.15) is 14.6 Å². The van der Waals surface area contributed by atoms with E-state index in [1.54, 1.807) is 26.0 Å². The Kier molecular flexibility index (Phi) is 7.19. The lowest BCUT2D eigenvalue weighted by Crippen LogP contribution is -2.37. The highest BCUT2D eigenvalue weighted by atomic mass is 16.5. The van der Waals surface area contributed by atoms with Gasteiger partial charge in [0.25, 0.3) is 5.89 Å². The predicted octanol–water partition coefficient (Wildman–Crippen LogP) is 1.97. The van der Waals surface area contributed by atoms with Crippen molar-refractivity contribution in [3.8, 4) is 17.3 Å². The van der Waals surface area contributed by atoms with Crippen LogP contribution in [0.3, 0.4) is 0 Å². The van der Waals surface area contributed by atoms with E-state index in [2.05, 4.69) is 15.3 Å². The third-order valence-corrected chi connectivity index (χ3v) is 5.03. The van der Waals surface area contributed by atoms with Crippen molar-refractivity contribution in [2.45, 2.75) is 33.4 Å². The van der Waals surface area contributed by atoms with Crippen LogP contribution < -0.4 is 5.76 Å². The predicted molar refractivity (Wildman–Crippen MR) is 121 cm³/mol. The maximum Gasteiger partial charge on any atom is 0.437 e. The normalized spacial score (nSPS) is 10.9. The molecule has 0 spiro atoms. The summed E-state index contributed by atoms with van der Waals surface area (Å²) in [6.45, 7) is 3.48. The lowest BCUT2D eigenvalue weighted by Gasteiger charge is -2.21. The Hall–Kier alpha value is -4.48. The number of carbonyl (C=O) groups excluding carboxylic acids is 2. The third-order valence-electron chi connectivity index (χ3n) is 5.03. The summed E-state index contributed by atoms with van der Waals surface area (Å²) in [5.74, 6) is -1.21. The van der Waals surface area contributed by atoms with Crippen molar-refractivity contribution < 1.29 is 23.2 Å². The lowest BCUT2D eigenvalue weighted by molar-refractivity contribution is -0.144. The lowest BCUT2D eigenvalue weighted by atomic mass is 10.3. The Morgan fingerprint density at radius 1 is 1.09 bits per heavy atom. The molecule has 35 heavy (non-hydrogen) atoms. The number of esters is 1. The zero-order chi connectivity index (χ0) is 24.8. The quantitative estimate of drug-likeness (QED) is 0.312. The Balaban J connectivity index is 1.51. The molecule has 12 heteroatoms. The van der Waals surface area contributed by atoms with E-state index in [0.717, 1.165) is 10.4 Å². The number of hydrogen-bond donors (Lipinski definition) is 0. The molecular weight excluding hydrogens is 456 g/mol. The van der Waals surface area contributed by atoms with Gasteiger partial charge in [0.15, 0.2) is 5.69 Å². The third kappa shape index (κ3) is 5.72. The van der Waals surface area contributed by atoms with Crippen molar-refractivity contribution in [3.05, 3.63) is 70.7 Å². The molecule has 0 aliphatic heterocycles. The van der Waals surface area contributed by atoms with Gasteiger partial charge < -0.3 is 18.5 Å². The molecule has 0 unspecified atom stereocenters. The molecule has 4 rings (SSSR count). The summed E-state index contributed by atoms with van der Waals surface area (Å²) in [7, 11) is 0. The first-order chi connectivity index (χ1) is 16.9. The average molecular weight is 480 g/mol.